The Hall–Kier alpha value is -2.46. The van der Waals surface area contributed by atoms with Gasteiger partial charge in [0.15, 0.2) is 0 Å². The van der Waals surface area contributed by atoms with E-state index in [0.717, 1.165) is 34.0 Å². The number of nitrogens with zero attached hydrogens (tertiary/aromatic N) is 2. The Bertz CT molecular complexity index is 850. The van der Waals surface area contributed by atoms with Gasteiger partial charge in [0.25, 0.3) is 0 Å². The second-order valence-electron chi connectivity index (χ2n) is 6.52. The number of nitrogens with two attached hydrogens (primary N) is 1. The van der Waals surface area contributed by atoms with Crippen LogP contribution in [-0.2, 0) is 6.42 Å². The molecule has 2 N–H and O–H groups in total. The normalized spacial score (nSPS) is 11.3. The Morgan fingerprint density at radius 3 is 2.58 bits per heavy atom. The number of fused-ring (bicyclic) bond motifs is 1. The molecule has 0 unspecified atom stereocenters. The average Bonchev–Trinajstić information content (AvgIpc) is 2.93. The van der Waals surface area contributed by atoms with Crippen molar-refractivity contribution in [3.05, 3.63) is 54.5 Å². The molecule has 4 heteroatoms. The van der Waals surface area contributed by atoms with Gasteiger partial charge < -0.3 is 5.73 Å². The van der Waals surface area contributed by atoms with Crippen molar-refractivity contribution in [2.45, 2.75) is 26.7 Å². The van der Waals surface area contributed by atoms with Crippen LogP contribution in [0.3, 0.4) is 0 Å². The van der Waals surface area contributed by atoms with Crippen molar-refractivity contribution in [1.82, 2.24) is 9.55 Å². The van der Waals surface area contributed by atoms with E-state index in [2.05, 4.69) is 37.0 Å². The highest BCUT2D eigenvalue weighted by Gasteiger charge is 2.15. The van der Waals surface area contributed by atoms with Crippen LogP contribution in [-0.4, -0.2) is 22.0 Å². The molecular formula is C20H23N3O. The van der Waals surface area contributed by atoms with Gasteiger partial charge in [-0.25, -0.2) is 0 Å². The standard InChI is InChI=1S/C20H23N3O/c1-14(2)11-20(24)23-13-17(5-8-21)18-4-3-16(12-19(18)23)15-6-9-22-10-7-15/h3-4,6-7,9-10,12-14H,5,8,11,21H2,1-2H3. The summed E-state index contributed by atoms with van der Waals surface area (Å²) in [5.74, 6) is 0.460. The Morgan fingerprint density at radius 2 is 1.92 bits per heavy atom. The first-order valence-corrected chi connectivity index (χ1v) is 8.37. The zero-order valence-corrected chi connectivity index (χ0v) is 14.2. The zero-order chi connectivity index (χ0) is 17.1. The van der Waals surface area contributed by atoms with Gasteiger partial charge in [0.2, 0.25) is 5.91 Å². The van der Waals surface area contributed by atoms with Crippen LogP contribution in [0.4, 0.5) is 0 Å². The zero-order valence-electron chi connectivity index (χ0n) is 14.2. The van der Waals surface area contributed by atoms with E-state index in [-0.39, 0.29) is 5.91 Å². The summed E-state index contributed by atoms with van der Waals surface area (Å²) in [6.07, 6.45) is 6.82. The van der Waals surface area contributed by atoms with Crippen LogP contribution in [0.15, 0.2) is 48.9 Å². The summed E-state index contributed by atoms with van der Waals surface area (Å²) in [6.45, 7) is 4.70. The minimum Gasteiger partial charge on any atom is -0.330 e. The molecule has 124 valence electrons. The highest BCUT2D eigenvalue weighted by Crippen LogP contribution is 2.28. The van der Waals surface area contributed by atoms with Crippen LogP contribution >= 0.6 is 0 Å². The molecule has 0 aliphatic rings. The Balaban J connectivity index is 2.13. The summed E-state index contributed by atoms with van der Waals surface area (Å²) in [4.78, 5) is 16.7. The highest BCUT2D eigenvalue weighted by atomic mass is 16.2. The molecule has 3 rings (SSSR count). The molecule has 0 amide bonds. The van der Waals surface area contributed by atoms with Crippen LogP contribution < -0.4 is 5.73 Å². The molecule has 24 heavy (non-hydrogen) atoms. The molecule has 0 bridgehead atoms. The Morgan fingerprint density at radius 1 is 1.17 bits per heavy atom. The molecule has 0 fully saturated rings. The molecule has 0 saturated heterocycles. The number of rotatable bonds is 5. The summed E-state index contributed by atoms with van der Waals surface area (Å²) in [7, 11) is 0. The van der Waals surface area contributed by atoms with E-state index in [4.69, 9.17) is 5.73 Å². The van der Waals surface area contributed by atoms with E-state index in [9.17, 15) is 4.79 Å². The number of benzene rings is 1. The second kappa shape index (κ2) is 6.97. The number of carbonyl (C=O) groups excluding carboxylic acids is 1. The van der Waals surface area contributed by atoms with E-state index < -0.39 is 0 Å². The van der Waals surface area contributed by atoms with E-state index in [1.165, 1.54) is 0 Å². The van der Waals surface area contributed by atoms with Crippen LogP contribution in [0.25, 0.3) is 22.0 Å². The fraction of sp³-hybridized carbons (Fsp3) is 0.300. The summed E-state index contributed by atoms with van der Waals surface area (Å²) in [6, 6.07) is 10.2. The third-order valence-electron chi connectivity index (χ3n) is 4.17. The summed E-state index contributed by atoms with van der Waals surface area (Å²) < 4.78 is 1.80. The molecule has 4 nitrogen and oxygen atoms in total. The number of aromatic nitrogens is 2. The fourth-order valence-electron chi connectivity index (χ4n) is 3.03. The number of carbonyl (C=O) groups is 1. The summed E-state index contributed by atoms with van der Waals surface area (Å²) in [5, 5.41) is 1.11. The molecule has 0 atom stereocenters. The molecule has 2 aromatic heterocycles. The van der Waals surface area contributed by atoms with Gasteiger partial charge in [-0.05, 0) is 53.8 Å². The highest BCUT2D eigenvalue weighted by molar-refractivity contribution is 5.96. The monoisotopic (exact) mass is 321 g/mol. The van der Waals surface area contributed by atoms with Crippen LogP contribution in [0.2, 0.25) is 0 Å². The first kappa shape index (κ1) is 16.4. The second-order valence-corrected chi connectivity index (χ2v) is 6.52. The molecule has 0 aliphatic carbocycles. The van der Waals surface area contributed by atoms with E-state index in [0.29, 0.717) is 18.9 Å². The molecule has 0 spiro atoms. The van der Waals surface area contributed by atoms with Crippen LogP contribution in [0.5, 0.6) is 0 Å². The lowest BCUT2D eigenvalue weighted by Crippen LogP contribution is -2.12. The number of hydrogen-bond acceptors (Lipinski definition) is 3. The molecule has 0 radical (unpaired) electrons. The van der Waals surface area contributed by atoms with Gasteiger partial charge >= 0.3 is 0 Å². The summed E-state index contributed by atoms with van der Waals surface area (Å²) >= 11 is 0. The Kier molecular flexibility index (Phi) is 4.76. The van der Waals surface area contributed by atoms with Gasteiger partial charge in [-0.1, -0.05) is 26.0 Å². The van der Waals surface area contributed by atoms with Gasteiger partial charge in [0, 0.05) is 30.4 Å². The van der Waals surface area contributed by atoms with Crippen molar-refractivity contribution in [1.29, 1.82) is 0 Å². The van der Waals surface area contributed by atoms with Crippen LogP contribution in [0.1, 0.15) is 30.6 Å². The average molecular weight is 321 g/mol. The van der Waals surface area contributed by atoms with Gasteiger partial charge in [-0.2, -0.15) is 0 Å². The maximum Gasteiger partial charge on any atom is 0.231 e. The molecule has 0 aliphatic heterocycles. The maximum atomic E-state index is 12.7. The minimum absolute atomic E-state index is 0.130. The predicted octanol–water partition coefficient (Wildman–Crippen LogP) is 3.89. The number of pyridine rings is 1. The van der Waals surface area contributed by atoms with Gasteiger partial charge in [-0.15, -0.1) is 0 Å². The maximum absolute atomic E-state index is 12.7. The smallest absolute Gasteiger partial charge is 0.231 e. The van der Waals surface area contributed by atoms with E-state index in [1.807, 2.05) is 18.3 Å². The molecule has 2 heterocycles. The summed E-state index contributed by atoms with van der Waals surface area (Å²) in [5.41, 5.74) is 10.0. The molecule has 1 aromatic carbocycles. The van der Waals surface area contributed by atoms with Crippen molar-refractivity contribution < 1.29 is 4.79 Å². The van der Waals surface area contributed by atoms with Crippen molar-refractivity contribution in [3.8, 4) is 11.1 Å². The quantitative estimate of drug-likeness (QED) is 0.775. The van der Waals surface area contributed by atoms with Gasteiger partial charge in [0.1, 0.15) is 0 Å². The largest absolute Gasteiger partial charge is 0.330 e. The van der Waals surface area contributed by atoms with Crippen molar-refractivity contribution >= 4 is 16.8 Å². The number of hydrogen-bond donors (Lipinski definition) is 1. The first-order chi connectivity index (χ1) is 11.6. The van der Waals surface area contributed by atoms with Gasteiger partial charge in [-0.3, -0.25) is 14.3 Å². The van der Waals surface area contributed by atoms with Crippen molar-refractivity contribution in [3.63, 3.8) is 0 Å². The van der Waals surface area contributed by atoms with Crippen LogP contribution in [0, 0.1) is 5.92 Å². The molecule has 3 aromatic rings. The lowest BCUT2D eigenvalue weighted by Gasteiger charge is -2.08. The van der Waals surface area contributed by atoms with Gasteiger partial charge in [0.05, 0.1) is 5.52 Å². The Labute approximate surface area is 142 Å². The molecular weight excluding hydrogens is 298 g/mol. The van der Waals surface area contributed by atoms with E-state index in [1.54, 1.807) is 17.0 Å². The van der Waals surface area contributed by atoms with Crippen molar-refractivity contribution in [2.24, 2.45) is 11.7 Å². The lowest BCUT2D eigenvalue weighted by molar-refractivity contribution is 0.0892. The first-order valence-electron chi connectivity index (χ1n) is 8.37. The fourth-order valence-corrected chi connectivity index (χ4v) is 3.03. The molecule has 0 saturated carbocycles. The topological polar surface area (TPSA) is 60.9 Å². The third-order valence-corrected chi connectivity index (χ3v) is 4.17. The third kappa shape index (κ3) is 3.24. The predicted molar refractivity (Wildman–Crippen MR) is 98.0 cm³/mol. The SMILES string of the molecule is CC(C)CC(=O)n1cc(CCN)c2ccc(-c3ccncc3)cc21. The van der Waals surface area contributed by atoms with Crippen molar-refractivity contribution in [2.75, 3.05) is 6.54 Å². The van der Waals surface area contributed by atoms with E-state index >= 15 is 0 Å². The lowest BCUT2D eigenvalue weighted by atomic mass is 10.0. The minimum atomic E-state index is 0.130.